The Balaban J connectivity index is 2.87. The number of hydrogen-bond donors (Lipinski definition) is 2. The van der Waals surface area contributed by atoms with Gasteiger partial charge in [-0.05, 0) is 36.6 Å². The first-order chi connectivity index (χ1) is 9.36. The van der Waals surface area contributed by atoms with Gasteiger partial charge in [0.05, 0.1) is 0 Å². The van der Waals surface area contributed by atoms with Crippen LogP contribution in [0.15, 0.2) is 23.1 Å². The molecule has 1 aromatic rings. The second kappa shape index (κ2) is 7.71. The van der Waals surface area contributed by atoms with Crippen molar-refractivity contribution in [3.05, 3.63) is 29.6 Å². The molecule has 0 fully saturated rings. The number of rotatable bonds is 8. The topological polar surface area (TPSA) is 58.2 Å². The number of benzene rings is 1. The summed E-state index contributed by atoms with van der Waals surface area (Å²) in [5.74, 6) is -0.329. The van der Waals surface area contributed by atoms with Crippen LogP contribution in [0.25, 0.3) is 0 Å². The first kappa shape index (κ1) is 17.1. The summed E-state index contributed by atoms with van der Waals surface area (Å²) in [4.78, 5) is -0.281. The van der Waals surface area contributed by atoms with Gasteiger partial charge in [-0.1, -0.05) is 26.8 Å². The molecule has 0 unspecified atom stereocenters. The highest BCUT2D eigenvalue weighted by atomic mass is 32.2. The van der Waals surface area contributed by atoms with E-state index in [1.807, 2.05) is 20.8 Å². The molecular weight excluding hydrogens is 279 g/mol. The molecule has 0 aromatic heterocycles. The first-order valence-corrected chi connectivity index (χ1v) is 8.34. The van der Waals surface area contributed by atoms with E-state index in [1.54, 1.807) is 6.07 Å². The van der Waals surface area contributed by atoms with Gasteiger partial charge < -0.3 is 5.32 Å². The number of hydrogen-bond acceptors (Lipinski definition) is 3. The van der Waals surface area contributed by atoms with E-state index in [9.17, 15) is 12.8 Å². The molecule has 0 aliphatic heterocycles. The van der Waals surface area contributed by atoms with Crippen LogP contribution in [0.5, 0.6) is 0 Å². The Bertz CT molecular complexity index is 530. The molecular formula is C14H23FN2O2S. The fraction of sp³-hybridized carbons (Fsp3) is 0.571. The summed E-state index contributed by atoms with van der Waals surface area (Å²) in [6, 6.07) is 4.17. The molecule has 20 heavy (non-hydrogen) atoms. The first-order valence-electron chi connectivity index (χ1n) is 6.85. The van der Waals surface area contributed by atoms with Crippen molar-refractivity contribution >= 4 is 10.0 Å². The monoisotopic (exact) mass is 302 g/mol. The minimum absolute atomic E-state index is 0.281. The predicted octanol–water partition coefficient (Wildman–Crippen LogP) is 2.26. The molecule has 0 amide bonds. The van der Waals surface area contributed by atoms with Crippen molar-refractivity contribution in [3.8, 4) is 0 Å². The Labute approximate surface area is 120 Å². The van der Waals surface area contributed by atoms with Crippen molar-refractivity contribution in [2.75, 3.05) is 13.1 Å². The van der Waals surface area contributed by atoms with E-state index in [1.165, 1.54) is 12.1 Å². The average molecular weight is 302 g/mol. The smallest absolute Gasteiger partial charge is 0.243 e. The van der Waals surface area contributed by atoms with Gasteiger partial charge in [0.15, 0.2) is 0 Å². The average Bonchev–Trinajstić information content (AvgIpc) is 2.36. The van der Waals surface area contributed by atoms with Crippen LogP contribution < -0.4 is 10.0 Å². The Morgan fingerprint density at radius 1 is 1.30 bits per heavy atom. The molecule has 2 N–H and O–H groups in total. The van der Waals surface area contributed by atoms with Gasteiger partial charge in [0.25, 0.3) is 0 Å². The highest BCUT2D eigenvalue weighted by Crippen LogP contribution is 2.16. The molecule has 0 atom stereocenters. The lowest BCUT2D eigenvalue weighted by Crippen LogP contribution is -2.26. The zero-order valence-electron chi connectivity index (χ0n) is 12.2. The van der Waals surface area contributed by atoms with Crippen LogP contribution >= 0.6 is 0 Å². The molecule has 0 heterocycles. The Kier molecular flexibility index (Phi) is 6.58. The van der Waals surface area contributed by atoms with Crippen LogP contribution in [-0.2, 0) is 16.6 Å². The molecule has 0 aliphatic rings. The van der Waals surface area contributed by atoms with E-state index in [0.29, 0.717) is 19.0 Å². The fourth-order valence-corrected chi connectivity index (χ4v) is 2.87. The van der Waals surface area contributed by atoms with Crippen molar-refractivity contribution in [1.29, 1.82) is 0 Å². The van der Waals surface area contributed by atoms with Gasteiger partial charge in [0.2, 0.25) is 10.0 Å². The molecule has 0 saturated carbocycles. The summed E-state index contributed by atoms with van der Waals surface area (Å²) in [5, 5.41) is 3.08. The zero-order chi connectivity index (χ0) is 15.2. The second-order valence-corrected chi connectivity index (χ2v) is 6.86. The highest BCUT2D eigenvalue weighted by molar-refractivity contribution is 7.89. The molecule has 0 aliphatic carbocycles. The molecule has 0 radical (unpaired) electrons. The molecule has 0 spiro atoms. The van der Waals surface area contributed by atoms with Crippen LogP contribution in [0.1, 0.15) is 32.8 Å². The second-order valence-electron chi connectivity index (χ2n) is 5.13. The lowest BCUT2D eigenvalue weighted by Gasteiger charge is -2.10. The maximum Gasteiger partial charge on any atom is 0.243 e. The Morgan fingerprint density at radius 2 is 2.00 bits per heavy atom. The highest BCUT2D eigenvalue weighted by Gasteiger charge is 2.19. The molecule has 4 nitrogen and oxygen atoms in total. The van der Waals surface area contributed by atoms with Gasteiger partial charge in [-0.25, -0.2) is 17.5 Å². The molecule has 0 bridgehead atoms. The van der Waals surface area contributed by atoms with Crippen molar-refractivity contribution in [1.82, 2.24) is 10.0 Å². The third-order valence-corrected chi connectivity index (χ3v) is 4.35. The standard InChI is InChI=1S/C14H23FN2O2S/c1-4-16-10-12-5-6-13(15)14(9-12)20(18,19)17-8-7-11(2)3/h5-6,9,11,16-17H,4,7-8,10H2,1-3H3. The van der Waals surface area contributed by atoms with Gasteiger partial charge >= 0.3 is 0 Å². The Morgan fingerprint density at radius 3 is 2.60 bits per heavy atom. The van der Waals surface area contributed by atoms with E-state index in [4.69, 9.17) is 0 Å². The van der Waals surface area contributed by atoms with Gasteiger partial charge in [-0.2, -0.15) is 0 Å². The van der Waals surface area contributed by atoms with E-state index in [2.05, 4.69) is 10.0 Å². The minimum Gasteiger partial charge on any atom is -0.313 e. The van der Waals surface area contributed by atoms with E-state index in [0.717, 1.165) is 18.5 Å². The third kappa shape index (κ3) is 5.19. The molecule has 6 heteroatoms. The molecule has 114 valence electrons. The van der Waals surface area contributed by atoms with Crippen molar-refractivity contribution in [3.63, 3.8) is 0 Å². The lowest BCUT2D eigenvalue weighted by molar-refractivity contribution is 0.539. The largest absolute Gasteiger partial charge is 0.313 e. The third-order valence-electron chi connectivity index (χ3n) is 2.88. The summed E-state index contributed by atoms with van der Waals surface area (Å²) in [5.41, 5.74) is 0.748. The van der Waals surface area contributed by atoms with Crippen LogP contribution in [-0.4, -0.2) is 21.5 Å². The van der Waals surface area contributed by atoms with E-state index >= 15 is 0 Å². The van der Waals surface area contributed by atoms with Crippen molar-refractivity contribution in [2.45, 2.75) is 38.6 Å². The van der Waals surface area contributed by atoms with Gasteiger partial charge in [-0.15, -0.1) is 0 Å². The van der Waals surface area contributed by atoms with E-state index in [-0.39, 0.29) is 4.90 Å². The SMILES string of the molecule is CCNCc1ccc(F)c(S(=O)(=O)NCCC(C)C)c1. The van der Waals surface area contributed by atoms with Gasteiger partial charge in [0.1, 0.15) is 10.7 Å². The van der Waals surface area contributed by atoms with Crippen molar-refractivity contribution in [2.24, 2.45) is 5.92 Å². The maximum atomic E-state index is 13.7. The van der Waals surface area contributed by atoms with Gasteiger partial charge in [-0.3, -0.25) is 0 Å². The number of halogens is 1. The lowest BCUT2D eigenvalue weighted by atomic mass is 10.1. The van der Waals surface area contributed by atoms with E-state index < -0.39 is 15.8 Å². The minimum atomic E-state index is -3.79. The molecule has 1 aromatic carbocycles. The summed E-state index contributed by atoms with van der Waals surface area (Å²) in [6.07, 6.45) is 0.720. The summed E-state index contributed by atoms with van der Waals surface area (Å²) < 4.78 is 40.4. The summed E-state index contributed by atoms with van der Waals surface area (Å²) in [6.45, 7) is 7.57. The molecule has 0 saturated heterocycles. The van der Waals surface area contributed by atoms with Crippen molar-refractivity contribution < 1.29 is 12.8 Å². The number of sulfonamides is 1. The Hall–Kier alpha value is -0.980. The quantitative estimate of drug-likeness (QED) is 0.774. The summed E-state index contributed by atoms with van der Waals surface area (Å²) in [7, 11) is -3.79. The number of nitrogens with one attached hydrogen (secondary N) is 2. The maximum absolute atomic E-state index is 13.7. The van der Waals surface area contributed by atoms with Crippen LogP contribution in [0, 0.1) is 11.7 Å². The van der Waals surface area contributed by atoms with Gasteiger partial charge in [0, 0.05) is 13.1 Å². The summed E-state index contributed by atoms with van der Waals surface area (Å²) >= 11 is 0. The fourth-order valence-electron chi connectivity index (χ4n) is 1.69. The zero-order valence-corrected chi connectivity index (χ0v) is 13.1. The molecule has 1 rings (SSSR count). The normalized spacial score (nSPS) is 12.1. The van der Waals surface area contributed by atoms with Crippen LogP contribution in [0.3, 0.4) is 0 Å². The van der Waals surface area contributed by atoms with Crippen LogP contribution in [0.4, 0.5) is 4.39 Å². The predicted molar refractivity (Wildman–Crippen MR) is 78.4 cm³/mol. The van der Waals surface area contributed by atoms with Crippen LogP contribution in [0.2, 0.25) is 0 Å².